The first-order valence-electron chi connectivity index (χ1n) is 10.7. The maximum atomic E-state index is 5.80. The summed E-state index contributed by atoms with van der Waals surface area (Å²) in [5.41, 5.74) is 2.08. The molecule has 1 aromatic heterocycles. The van der Waals surface area contributed by atoms with Gasteiger partial charge < -0.3 is 28.4 Å². The van der Waals surface area contributed by atoms with E-state index in [1.165, 1.54) is 5.69 Å². The summed E-state index contributed by atoms with van der Waals surface area (Å²) in [4.78, 5) is 9.36. The highest BCUT2D eigenvalue weighted by Crippen LogP contribution is 2.33. The molecule has 2 aromatic carbocycles. The summed E-state index contributed by atoms with van der Waals surface area (Å²) in [6.45, 7) is 8.68. The van der Waals surface area contributed by atoms with Crippen molar-refractivity contribution >= 4 is 11.5 Å². The van der Waals surface area contributed by atoms with Crippen LogP contribution < -0.4 is 24.0 Å². The molecule has 7 nitrogen and oxygen atoms in total. The van der Waals surface area contributed by atoms with Gasteiger partial charge in [-0.1, -0.05) is 0 Å². The van der Waals surface area contributed by atoms with Crippen molar-refractivity contribution in [3.8, 4) is 28.7 Å². The molecule has 0 radical (unpaired) electrons. The molecule has 1 aliphatic rings. The van der Waals surface area contributed by atoms with Gasteiger partial charge in [0, 0.05) is 37.4 Å². The Morgan fingerprint density at radius 2 is 1.55 bits per heavy atom. The zero-order chi connectivity index (χ0) is 21.6. The monoisotopic (exact) mass is 423 g/mol. The van der Waals surface area contributed by atoms with E-state index in [1.807, 2.05) is 44.2 Å². The van der Waals surface area contributed by atoms with Crippen LogP contribution in [0.4, 0.5) is 11.5 Å². The SMILES string of the molecule is CCOc1ccc(-c2nc(N3CCN(c4ccc(OC)cc4)CC3)co2)cc1OCC. The van der Waals surface area contributed by atoms with Crippen LogP contribution in [0.25, 0.3) is 11.5 Å². The smallest absolute Gasteiger partial charge is 0.228 e. The molecule has 1 fully saturated rings. The van der Waals surface area contributed by atoms with E-state index in [-0.39, 0.29) is 0 Å². The third kappa shape index (κ3) is 4.71. The number of aromatic nitrogens is 1. The maximum absolute atomic E-state index is 5.80. The number of methoxy groups -OCH3 is 1. The van der Waals surface area contributed by atoms with Crippen LogP contribution in [-0.2, 0) is 0 Å². The van der Waals surface area contributed by atoms with Crippen LogP contribution in [0.5, 0.6) is 17.2 Å². The van der Waals surface area contributed by atoms with E-state index in [1.54, 1.807) is 13.4 Å². The van der Waals surface area contributed by atoms with Crippen LogP contribution in [-0.4, -0.2) is 51.5 Å². The lowest BCUT2D eigenvalue weighted by Gasteiger charge is -2.36. The van der Waals surface area contributed by atoms with E-state index < -0.39 is 0 Å². The number of hydrogen-bond donors (Lipinski definition) is 0. The minimum absolute atomic E-state index is 0.568. The van der Waals surface area contributed by atoms with Gasteiger partial charge in [-0.15, -0.1) is 0 Å². The summed E-state index contributed by atoms with van der Waals surface area (Å²) in [5.74, 6) is 3.75. The number of oxazole rings is 1. The van der Waals surface area contributed by atoms with Gasteiger partial charge in [0.15, 0.2) is 17.3 Å². The molecule has 1 aliphatic heterocycles. The van der Waals surface area contributed by atoms with Crippen molar-refractivity contribution in [2.24, 2.45) is 0 Å². The average molecular weight is 424 g/mol. The van der Waals surface area contributed by atoms with Gasteiger partial charge in [0.25, 0.3) is 0 Å². The molecule has 0 aliphatic carbocycles. The fourth-order valence-corrected chi connectivity index (χ4v) is 3.71. The first-order chi connectivity index (χ1) is 15.2. The average Bonchev–Trinajstić information content (AvgIpc) is 3.31. The van der Waals surface area contributed by atoms with Crippen LogP contribution in [0.2, 0.25) is 0 Å². The predicted molar refractivity (Wildman–Crippen MR) is 122 cm³/mol. The second-order valence-electron chi connectivity index (χ2n) is 7.21. The molecule has 4 rings (SSSR count). The Bertz CT molecular complexity index is 979. The first kappa shape index (κ1) is 20.9. The van der Waals surface area contributed by atoms with E-state index in [0.29, 0.717) is 24.9 Å². The Morgan fingerprint density at radius 3 is 2.23 bits per heavy atom. The van der Waals surface area contributed by atoms with Gasteiger partial charge in [-0.25, -0.2) is 0 Å². The Hall–Kier alpha value is -3.35. The Balaban J connectivity index is 1.43. The lowest BCUT2D eigenvalue weighted by atomic mass is 10.2. The molecule has 0 atom stereocenters. The highest BCUT2D eigenvalue weighted by Gasteiger charge is 2.21. The number of nitrogens with zero attached hydrogens (tertiary/aromatic N) is 3. The lowest BCUT2D eigenvalue weighted by molar-refractivity contribution is 0.288. The van der Waals surface area contributed by atoms with Crippen molar-refractivity contribution in [2.75, 3.05) is 56.3 Å². The van der Waals surface area contributed by atoms with E-state index in [2.05, 4.69) is 21.9 Å². The number of piperazine rings is 1. The molecule has 0 bridgehead atoms. The minimum Gasteiger partial charge on any atom is -0.497 e. The molecule has 2 heterocycles. The Kier molecular flexibility index (Phi) is 6.50. The third-order valence-corrected chi connectivity index (χ3v) is 5.32. The molecule has 31 heavy (non-hydrogen) atoms. The minimum atomic E-state index is 0.568. The van der Waals surface area contributed by atoms with Gasteiger partial charge in [-0.2, -0.15) is 4.98 Å². The predicted octanol–water partition coefficient (Wildman–Crippen LogP) is 4.47. The van der Waals surface area contributed by atoms with Crippen LogP contribution in [0.3, 0.4) is 0 Å². The van der Waals surface area contributed by atoms with E-state index in [4.69, 9.17) is 23.6 Å². The second kappa shape index (κ2) is 9.64. The molecule has 7 heteroatoms. The second-order valence-corrected chi connectivity index (χ2v) is 7.21. The zero-order valence-corrected chi connectivity index (χ0v) is 18.3. The van der Waals surface area contributed by atoms with Crippen molar-refractivity contribution in [3.05, 3.63) is 48.7 Å². The normalized spacial score (nSPS) is 13.9. The molecule has 0 spiro atoms. The number of rotatable bonds is 8. The zero-order valence-electron chi connectivity index (χ0n) is 18.3. The summed E-state index contributed by atoms with van der Waals surface area (Å²) in [6, 6.07) is 14.0. The summed E-state index contributed by atoms with van der Waals surface area (Å²) >= 11 is 0. The summed E-state index contributed by atoms with van der Waals surface area (Å²) in [7, 11) is 1.69. The van der Waals surface area contributed by atoms with E-state index in [9.17, 15) is 0 Å². The lowest BCUT2D eigenvalue weighted by Crippen LogP contribution is -2.46. The standard InChI is InChI=1S/C24H29N3O4/c1-4-29-21-11-6-18(16-22(21)30-5-2)24-25-23(17-31-24)27-14-12-26(13-15-27)19-7-9-20(28-3)10-8-19/h6-11,16-17H,4-5,12-15H2,1-3H3. The summed E-state index contributed by atoms with van der Waals surface area (Å²) in [6.07, 6.45) is 1.73. The van der Waals surface area contributed by atoms with Crippen LogP contribution in [0.1, 0.15) is 13.8 Å². The Morgan fingerprint density at radius 1 is 0.871 bits per heavy atom. The molecule has 0 saturated carbocycles. The first-order valence-corrected chi connectivity index (χ1v) is 10.7. The molecule has 0 amide bonds. The fourth-order valence-electron chi connectivity index (χ4n) is 3.71. The van der Waals surface area contributed by atoms with Gasteiger partial charge >= 0.3 is 0 Å². The molecular weight excluding hydrogens is 394 g/mol. The largest absolute Gasteiger partial charge is 0.497 e. The molecule has 1 saturated heterocycles. The fraction of sp³-hybridized carbons (Fsp3) is 0.375. The van der Waals surface area contributed by atoms with Crippen molar-refractivity contribution in [1.82, 2.24) is 4.98 Å². The molecule has 3 aromatic rings. The number of ether oxygens (including phenoxy) is 3. The van der Waals surface area contributed by atoms with Gasteiger partial charge in [0.2, 0.25) is 5.89 Å². The van der Waals surface area contributed by atoms with Crippen molar-refractivity contribution in [2.45, 2.75) is 13.8 Å². The number of hydrogen-bond acceptors (Lipinski definition) is 7. The van der Waals surface area contributed by atoms with Crippen LogP contribution >= 0.6 is 0 Å². The quantitative estimate of drug-likeness (QED) is 0.530. The topological polar surface area (TPSA) is 60.2 Å². The van der Waals surface area contributed by atoms with E-state index >= 15 is 0 Å². The van der Waals surface area contributed by atoms with Crippen molar-refractivity contribution in [3.63, 3.8) is 0 Å². The van der Waals surface area contributed by atoms with Gasteiger partial charge in [0.05, 0.1) is 20.3 Å². The molecule has 164 valence electrons. The third-order valence-electron chi connectivity index (χ3n) is 5.32. The number of anilines is 2. The van der Waals surface area contributed by atoms with Crippen LogP contribution in [0, 0.1) is 0 Å². The van der Waals surface area contributed by atoms with Crippen molar-refractivity contribution in [1.29, 1.82) is 0 Å². The van der Waals surface area contributed by atoms with Gasteiger partial charge in [0.1, 0.15) is 12.0 Å². The highest BCUT2D eigenvalue weighted by molar-refractivity contribution is 5.62. The van der Waals surface area contributed by atoms with Gasteiger partial charge in [-0.05, 0) is 56.3 Å². The number of benzene rings is 2. The molecular formula is C24H29N3O4. The van der Waals surface area contributed by atoms with Crippen molar-refractivity contribution < 1.29 is 18.6 Å². The Labute approximate surface area is 183 Å². The van der Waals surface area contributed by atoms with E-state index in [0.717, 1.165) is 49.1 Å². The maximum Gasteiger partial charge on any atom is 0.228 e. The van der Waals surface area contributed by atoms with Gasteiger partial charge in [-0.3, -0.25) is 0 Å². The van der Waals surface area contributed by atoms with Crippen LogP contribution in [0.15, 0.2) is 53.1 Å². The molecule has 0 N–H and O–H groups in total. The highest BCUT2D eigenvalue weighted by atomic mass is 16.5. The summed E-state index contributed by atoms with van der Waals surface area (Å²) in [5, 5.41) is 0. The molecule has 0 unspecified atom stereocenters. The summed E-state index contributed by atoms with van der Waals surface area (Å²) < 4.78 is 22.4.